The summed E-state index contributed by atoms with van der Waals surface area (Å²) in [6, 6.07) is 8.05. The first-order chi connectivity index (χ1) is 12.3. The average Bonchev–Trinajstić information content (AvgIpc) is 3.50. The predicted molar refractivity (Wildman–Crippen MR) is 118 cm³/mol. The first kappa shape index (κ1) is 21.3. The van der Waals surface area contributed by atoms with Crippen molar-refractivity contribution in [1.29, 1.82) is 0 Å². The van der Waals surface area contributed by atoms with E-state index in [1.807, 2.05) is 24.3 Å². The van der Waals surface area contributed by atoms with Gasteiger partial charge in [-0.15, -0.1) is 24.0 Å². The topological polar surface area (TPSA) is 54.9 Å². The summed E-state index contributed by atoms with van der Waals surface area (Å²) in [6.45, 7) is 5.28. The highest BCUT2D eigenvalue weighted by Gasteiger charge is 2.53. The Bertz CT molecular complexity index is 586. The monoisotopic (exact) mass is 473 g/mol. The van der Waals surface area contributed by atoms with E-state index in [-0.39, 0.29) is 24.0 Å². The van der Waals surface area contributed by atoms with Gasteiger partial charge in [-0.25, -0.2) is 0 Å². The lowest BCUT2D eigenvalue weighted by Crippen LogP contribution is -2.31. The second-order valence-corrected chi connectivity index (χ2v) is 7.18. The molecule has 1 aromatic carbocycles. The van der Waals surface area contributed by atoms with Crippen LogP contribution in [0.4, 0.5) is 5.69 Å². The molecule has 0 heterocycles. The maximum atomic E-state index is 5.77. The molecule has 0 amide bonds. The first-order valence-electron chi connectivity index (χ1n) is 9.53. The third-order valence-electron chi connectivity index (χ3n) is 5.09. The van der Waals surface area contributed by atoms with Gasteiger partial charge in [-0.3, -0.25) is 4.99 Å². The zero-order valence-electron chi connectivity index (χ0n) is 15.9. The number of aliphatic imine (C=N–C) groups is 1. The number of nitrogens with one attached hydrogen (secondary N) is 2. The lowest BCUT2D eigenvalue weighted by atomic mass is 10.0. The molecule has 1 aromatic rings. The molecule has 2 aliphatic rings. The molecule has 3 rings (SSSR count). The van der Waals surface area contributed by atoms with Gasteiger partial charge in [-0.2, -0.15) is 0 Å². The van der Waals surface area contributed by atoms with Gasteiger partial charge in [0.1, 0.15) is 5.75 Å². The van der Waals surface area contributed by atoms with E-state index < -0.39 is 0 Å². The van der Waals surface area contributed by atoms with Gasteiger partial charge in [0.05, 0.1) is 6.61 Å². The van der Waals surface area contributed by atoms with Gasteiger partial charge in [-0.1, -0.05) is 6.07 Å². The van der Waals surface area contributed by atoms with Crippen molar-refractivity contribution in [1.82, 2.24) is 5.32 Å². The minimum absolute atomic E-state index is 0. The zero-order valence-corrected chi connectivity index (χ0v) is 18.3. The Morgan fingerprint density at radius 3 is 2.73 bits per heavy atom. The molecule has 146 valence electrons. The molecule has 6 heteroatoms. The number of ether oxygens (including phenoxy) is 2. The summed E-state index contributed by atoms with van der Waals surface area (Å²) >= 11 is 0. The van der Waals surface area contributed by atoms with Crippen molar-refractivity contribution in [3.8, 4) is 5.75 Å². The minimum atomic E-state index is 0. The Kier molecular flexibility index (Phi) is 8.47. The summed E-state index contributed by atoms with van der Waals surface area (Å²) in [6.07, 6.45) is 6.40. The molecule has 0 unspecified atom stereocenters. The van der Waals surface area contributed by atoms with Crippen LogP contribution in [0.25, 0.3) is 0 Å². The molecule has 2 saturated carbocycles. The fraction of sp³-hybridized carbons (Fsp3) is 0.650. The maximum absolute atomic E-state index is 5.77. The second-order valence-electron chi connectivity index (χ2n) is 7.18. The number of benzene rings is 1. The van der Waals surface area contributed by atoms with Crippen LogP contribution in [0.2, 0.25) is 0 Å². The van der Waals surface area contributed by atoms with Gasteiger partial charge in [0.25, 0.3) is 0 Å². The Balaban J connectivity index is 0.00000243. The predicted octanol–water partition coefficient (Wildman–Crippen LogP) is 4.29. The van der Waals surface area contributed by atoms with Crippen molar-refractivity contribution in [3.63, 3.8) is 0 Å². The lowest BCUT2D eigenvalue weighted by molar-refractivity contribution is 0.172. The number of hydrogen-bond donors (Lipinski definition) is 2. The van der Waals surface area contributed by atoms with Crippen molar-refractivity contribution >= 4 is 35.6 Å². The molecule has 0 aliphatic heterocycles. The fourth-order valence-electron chi connectivity index (χ4n) is 3.29. The van der Waals surface area contributed by atoms with Crippen LogP contribution in [0.1, 0.15) is 39.0 Å². The highest BCUT2D eigenvalue weighted by molar-refractivity contribution is 14.0. The number of halogens is 1. The smallest absolute Gasteiger partial charge is 0.195 e. The summed E-state index contributed by atoms with van der Waals surface area (Å²) in [5.41, 5.74) is 1.52. The van der Waals surface area contributed by atoms with Gasteiger partial charge in [0, 0.05) is 45.0 Å². The molecular formula is C20H32IN3O2. The van der Waals surface area contributed by atoms with Crippen molar-refractivity contribution in [2.45, 2.75) is 39.0 Å². The van der Waals surface area contributed by atoms with Crippen LogP contribution in [-0.4, -0.2) is 39.4 Å². The third-order valence-corrected chi connectivity index (χ3v) is 5.09. The normalized spacial score (nSPS) is 18.0. The van der Waals surface area contributed by atoms with Gasteiger partial charge in [-0.05, 0) is 56.1 Å². The summed E-state index contributed by atoms with van der Waals surface area (Å²) in [5, 5.41) is 6.77. The molecule has 0 bridgehead atoms. The summed E-state index contributed by atoms with van der Waals surface area (Å²) in [4.78, 5) is 4.86. The van der Waals surface area contributed by atoms with Crippen LogP contribution in [0.5, 0.6) is 5.75 Å². The fourth-order valence-corrected chi connectivity index (χ4v) is 3.29. The zero-order chi connectivity index (χ0) is 17.5. The molecule has 26 heavy (non-hydrogen) atoms. The summed E-state index contributed by atoms with van der Waals surface area (Å²) < 4.78 is 10.8. The summed E-state index contributed by atoms with van der Waals surface area (Å²) in [7, 11) is 1.71. The Morgan fingerprint density at radius 2 is 2.08 bits per heavy atom. The van der Waals surface area contributed by atoms with Crippen molar-refractivity contribution in [3.05, 3.63) is 24.3 Å². The van der Waals surface area contributed by atoms with Crippen molar-refractivity contribution < 1.29 is 9.47 Å². The molecule has 2 fully saturated rings. The van der Waals surface area contributed by atoms with E-state index in [2.05, 4.69) is 17.6 Å². The molecule has 0 radical (unpaired) electrons. The number of rotatable bonds is 10. The average molecular weight is 473 g/mol. The van der Waals surface area contributed by atoms with E-state index in [0.717, 1.165) is 49.4 Å². The van der Waals surface area contributed by atoms with Crippen LogP contribution < -0.4 is 15.4 Å². The number of hydrogen-bond acceptors (Lipinski definition) is 3. The molecule has 0 saturated heterocycles. The van der Waals surface area contributed by atoms with Crippen LogP contribution in [0.3, 0.4) is 0 Å². The van der Waals surface area contributed by atoms with E-state index in [0.29, 0.717) is 12.0 Å². The van der Waals surface area contributed by atoms with E-state index in [1.165, 1.54) is 25.7 Å². The van der Waals surface area contributed by atoms with E-state index >= 15 is 0 Å². The largest absolute Gasteiger partial charge is 0.493 e. The van der Waals surface area contributed by atoms with Gasteiger partial charge in [0.15, 0.2) is 5.96 Å². The van der Waals surface area contributed by atoms with E-state index in [1.54, 1.807) is 7.11 Å². The Morgan fingerprint density at radius 1 is 1.27 bits per heavy atom. The SMILES string of the molecule is CCNC(=NCC1(C2CC2)CC1)Nc1cccc(OCCCOC)c1.I. The van der Waals surface area contributed by atoms with E-state index in [9.17, 15) is 0 Å². The molecule has 2 N–H and O–H groups in total. The third kappa shape index (κ3) is 6.30. The molecular weight excluding hydrogens is 441 g/mol. The molecule has 5 nitrogen and oxygen atoms in total. The van der Waals surface area contributed by atoms with Crippen LogP contribution >= 0.6 is 24.0 Å². The molecule has 0 atom stereocenters. The highest BCUT2D eigenvalue weighted by Crippen LogP contribution is 2.61. The van der Waals surface area contributed by atoms with Gasteiger partial charge < -0.3 is 20.1 Å². The quantitative estimate of drug-likeness (QED) is 0.231. The van der Waals surface area contributed by atoms with Crippen molar-refractivity contribution in [2.75, 3.05) is 38.7 Å². The van der Waals surface area contributed by atoms with Crippen molar-refractivity contribution in [2.24, 2.45) is 16.3 Å². The van der Waals surface area contributed by atoms with Crippen LogP contribution in [0.15, 0.2) is 29.3 Å². The Hall–Kier alpha value is -1.02. The summed E-state index contributed by atoms with van der Waals surface area (Å²) in [5.74, 6) is 2.67. The molecule has 0 spiro atoms. The number of methoxy groups -OCH3 is 1. The second kappa shape index (κ2) is 10.3. The van der Waals surface area contributed by atoms with Gasteiger partial charge >= 0.3 is 0 Å². The molecule has 0 aromatic heterocycles. The lowest BCUT2D eigenvalue weighted by Gasteiger charge is -2.15. The maximum Gasteiger partial charge on any atom is 0.195 e. The highest BCUT2D eigenvalue weighted by atomic mass is 127. The number of guanidine groups is 1. The Labute approximate surface area is 174 Å². The van der Waals surface area contributed by atoms with Gasteiger partial charge in [0.2, 0.25) is 0 Å². The van der Waals surface area contributed by atoms with Crippen LogP contribution in [-0.2, 0) is 4.74 Å². The van der Waals surface area contributed by atoms with E-state index in [4.69, 9.17) is 14.5 Å². The molecule has 2 aliphatic carbocycles. The standard InChI is InChI=1S/C20H31N3O2.HI/c1-3-21-19(22-15-20(10-11-20)16-8-9-16)23-17-6-4-7-18(14-17)25-13-5-12-24-2;/h4,6-7,14,16H,3,5,8-13,15H2,1-2H3,(H2,21,22,23);1H. The minimum Gasteiger partial charge on any atom is -0.493 e. The first-order valence-corrected chi connectivity index (χ1v) is 9.53. The van der Waals surface area contributed by atoms with Crippen LogP contribution in [0, 0.1) is 11.3 Å². The number of nitrogens with zero attached hydrogens (tertiary/aromatic N) is 1. The number of anilines is 1.